The Morgan fingerprint density at radius 2 is 2.06 bits per heavy atom. The molecule has 0 aromatic rings. The zero-order valence-electron chi connectivity index (χ0n) is 10.6. The predicted octanol–water partition coefficient (Wildman–Crippen LogP) is 0.000900. The highest BCUT2D eigenvalue weighted by molar-refractivity contribution is 5.85. The number of aliphatic hydroxyl groups excluding tert-OH is 1. The monoisotopic (exact) mass is 259 g/mol. The Balaban J connectivity index is 2.54. The molecule has 3 N–H and O–H groups in total. The van der Waals surface area contributed by atoms with Crippen molar-refractivity contribution in [3.05, 3.63) is 0 Å². The molecule has 0 aliphatic heterocycles. The van der Waals surface area contributed by atoms with E-state index in [1.165, 1.54) is 7.11 Å². The SMILES string of the molecule is COCC(CCO)NC(=O)C1CCCC1C(=O)O. The molecule has 1 fully saturated rings. The molecular formula is C12H21NO5. The summed E-state index contributed by atoms with van der Waals surface area (Å²) in [5, 5.41) is 20.7. The van der Waals surface area contributed by atoms with Crippen LogP contribution in [0.3, 0.4) is 0 Å². The van der Waals surface area contributed by atoms with Crippen molar-refractivity contribution in [1.82, 2.24) is 5.32 Å². The Morgan fingerprint density at radius 1 is 1.39 bits per heavy atom. The molecule has 0 aromatic heterocycles. The van der Waals surface area contributed by atoms with Gasteiger partial charge in [-0.1, -0.05) is 6.42 Å². The fraction of sp³-hybridized carbons (Fsp3) is 0.833. The van der Waals surface area contributed by atoms with Crippen molar-refractivity contribution in [2.75, 3.05) is 20.3 Å². The number of carbonyl (C=O) groups excluding carboxylic acids is 1. The first-order valence-electron chi connectivity index (χ1n) is 6.23. The molecule has 1 amide bonds. The van der Waals surface area contributed by atoms with E-state index < -0.39 is 17.8 Å². The number of nitrogens with one attached hydrogen (secondary N) is 1. The number of ether oxygens (including phenoxy) is 1. The Hall–Kier alpha value is -1.14. The van der Waals surface area contributed by atoms with Crippen molar-refractivity contribution in [2.45, 2.75) is 31.7 Å². The van der Waals surface area contributed by atoms with Gasteiger partial charge < -0.3 is 20.3 Å². The van der Waals surface area contributed by atoms with Crippen molar-refractivity contribution in [3.63, 3.8) is 0 Å². The summed E-state index contributed by atoms with van der Waals surface area (Å²) in [6.07, 6.45) is 2.35. The fourth-order valence-electron chi connectivity index (χ4n) is 2.43. The molecule has 104 valence electrons. The molecule has 3 atom stereocenters. The average Bonchev–Trinajstić information content (AvgIpc) is 2.78. The average molecular weight is 259 g/mol. The van der Waals surface area contributed by atoms with Gasteiger partial charge in [0.25, 0.3) is 0 Å². The molecule has 1 aliphatic carbocycles. The van der Waals surface area contributed by atoms with Crippen molar-refractivity contribution < 1.29 is 24.5 Å². The van der Waals surface area contributed by atoms with E-state index in [0.29, 0.717) is 25.9 Å². The molecule has 6 nitrogen and oxygen atoms in total. The van der Waals surface area contributed by atoms with Crippen LogP contribution < -0.4 is 5.32 Å². The minimum atomic E-state index is -0.905. The number of hydrogen-bond acceptors (Lipinski definition) is 4. The van der Waals surface area contributed by atoms with Crippen molar-refractivity contribution >= 4 is 11.9 Å². The first-order valence-corrected chi connectivity index (χ1v) is 6.23. The van der Waals surface area contributed by atoms with Crippen LogP contribution in [0.1, 0.15) is 25.7 Å². The van der Waals surface area contributed by atoms with Gasteiger partial charge in [-0.15, -0.1) is 0 Å². The van der Waals surface area contributed by atoms with Gasteiger partial charge in [-0.05, 0) is 19.3 Å². The van der Waals surface area contributed by atoms with Gasteiger partial charge in [0.05, 0.1) is 24.5 Å². The molecule has 0 saturated heterocycles. The fourth-order valence-corrected chi connectivity index (χ4v) is 2.43. The number of aliphatic hydroxyl groups is 1. The summed E-state index contributed by atoms with van der Waals surface area (Å²) in [6.45, 7) is 0.276. The highest BCUT2D eigenvalue weighted by Crippen LogP contribution is 2.32. The highest BCUT2D eigenvalue weighted by Gasteiger charge is 2.38. The maximum atomic E-state index is 12.0. The largest absolute Gasteiger partial charge is 0.481 e. The molecule has 18 heavy (non-hydrogen) atoms. The summed E-state index contributed by atoms with van der Waals surface area (Å²) >= 11 is 0. The second-order valence-electron chi connectivity index (χ2n) is 4.66. The molecule has 6 heteroatoms. The number of rotatable bonds is 7. The van der Waals surface area contributed by atoms with Gasteiger partial charge >= 0.3 is 5.97 Å². The molecular weight excluding hydrogens is 238 g/mol. The van der Waals surface area contributed by atoms with Crippen LogP contribution in [-0.2, 0) is 14.3 Å². The van der Waals surface area contributed by atoms with Gasteiger partial charge in [-0.2, -0.15) is 0 Å². The molecule has 1 saturated carbocycles. The van der Waals surface area contributed by atoms with E-state index in [-0.39, 0.29) is 18.6 Å². The van der Waals surface area contributed by atoms with Crippen molar-refractivity contribution in [2.24, 2.45) is 11.8 Å². The zero-order chi connectivity index (χ0) is 13.5. The van der Waals surface area contributed by atoms with Crippen LogP contribution in [0.4, 0.5) is 0 Å². The van der Waals surface area contributed by atoms with Crippen LogP contribution in [0.2, 0.25) is 0 Å². The summed E-state index contributed by atoms with van der Waals surface area (Å²) in [5.41, 5.74) is 0. The lowest BCUT2D eigenvalue weighted by Gasteiger charge is -2.21. The summed E-state index contributed by atoms with van der Waals surface area (Å²) in [7, 11) is 1.52. The van der Waals surface area contributed by atoms with Crippen molar-refractivity contribution in [1.29, 1.82) is 0 Å². The van der Waals surface area contributed by atoms with Gasteiger partial charge in [0.1, 0.15) is 0 Å². The Morgan fingerprint density at radius 3 is 2.61 bits per heavy atom. The van der Waals surface area contributed by atoms with E-state index in [1.54, 1.807) is 0 Å². The number of carbonyl (C=O) groups is 2. The van der Waals surface area contributed by atoms with Crippen LogP contribution in [0.5, 0.6) is 0 Å². The minimum Gasteiger partial charge on any atom is -0.481 e. The molecule has 0 radical (unpaired) electrons. The third kappa shape index (κ3) is 3.96. The van der Waals surface area contributed by atoms with Gasteiger partial charge in [-0.25, -0.2) is 0 Å². The van der Waals surface area contributed by atoms with Crippen LogP contribution in [0, 0.1) is 11.8 Å². The van der Waals surface area contributed by atoms with E-state index >= 15 is 0 Å². The molecule has 0 bridgehead atoms. The predicted molar refractivity (Wildman–Crippen MR) is 64.0 cm³/mol. The van der Waals surface area contributed by atoms with Crippen molar-refractivity contribution in [3.8, 4) is 0 Å². The summed E-state index contributed by atoms with van der Waals surface area (Å²) in [6, 6.07) is -0.262. The maximum Gasteiger partial charge on any atom is 0.307 e. The topological polar surface area (TPSA) is 95.9 Å². The molecule has 0 heterocycles. The molecule has 0 spiro atoms. The normalized spacial score (nSPS) is 24.8. The minimum absolute atomic E-state index is 0.0403. The summed E-state index contributed by atoms with van der Waals surface area (Å²) < 4.78 is 4.95. The Kier molecular flexibility index (Phi) is 6.07. The summed E-state index contributed by atoms with van der Waals surface area (Å²) in [5.74, 6) is -2.18. The summed E-state index contributed by atoms with van der Waals surface area (Å²) in [4.78, 5) is 23.0. The standard InChI is InChI=1S/C12H21NO5/c1-18-7-8(5-6-14)13-11(15)9-3-2-4-10(9)12(16)17/h8-10,14H,2-7H2,1H3,(H,13,15)(H,16,17). The van der Waals surface area contributed by atoms with E-state index in [4.69, 9.17) is 14.9 Å². The lowest BCUT2D eigenvalue weighted by Crippen LogP contribution is -2.43. The third-order valence-electron chi connectivity index (χ3n) is 3.36. The molecule has 0 aromatic carbocycles. The Bertz CT molecular complexity index is 288. The number of aliphatic carboxylic acids is 1. The van der Waals surface area contributed by atoms with Gasteiger partial charge in [0.15, 0.2) is 0 Å². The lowest BCUT2D eigenvalue weighted by molar-refractivity contribution is -0.146. The maximum absolute atomic E-state index is 12.0. The van der Waals surface area contributed by atoms with E-state index in [1.807, 2.05) is 0 Å². The first-order chi connectivity index (χ1) is 8.60. The zero-order valence-corrected chi connectivity index (χ0v) is 10.6. The second kappa shape index (κ2) is 7.33. The number of amides is 1. The van der Waals surface area contributed by atoms with E-state index in [2.05, 4.69) is 5.32 Å². The molecule has 1 rings (SSSR count). The number of hydrogen-bond donors (Lipinski definition) is 3. The van der Waals surface area contributed by atoms with Crippen LogP contribution in [-0.4, -0.2) is 48.5 Å². The quantitative estimate of drug-likeness (QED) is 0.598. The molecule has 1 aliphatic rings. The van der Waals surface area contributed by atoms with Gasteiger partial charge in [0, 0.05) is 13.7 Å². The number of methoxy groups -OCH3 is 1. The first kappa shape index (κ1) is 14.9. The van der Waals surface area contributed by atoms with Crippen LogP contribution >= 0.6 is 0 Å². The second-order valence-corrected chi connectivity index (χ2v) is 4.66. The van der Waals surface area contributed by atoms with Crippen LogP contribution in [0.15, 0.2) is 0 Å². The van der Waals surface area contributed by atoms with E-state index in [0.717, 1.165) is 6.42 Å². The van der Waals surface area contributed by atoms with Crippen LogP contribution in [0.25, 0.3) is 0 Å². The number of carboxylic acid groups (broad SMARTS) is 1. The number of carboxylic acids is 1. The third-order valence-corrected chi connectivity index (χ3v) is 3.36. The van der Waals surface area contributed by atoms with Gasteiger partial charge in [0.2, 0.25) is 5.91 Å². The smallest absolute Gasteiger partial charge is 0.307 e. The lowest BCUT2D eigenvalue weighted by atomic mass is 9.95. The van der Waals surface area contributed by atoms with E-state index in [9.17, 15) is 9.59 Å². The highest BCUT2D eigenvalue weighted by atomic mass is 16.5. The molecule has 3 unspecified atom stereocenters. The Labute approximate surface area is 106 Å². The van der Waals surface area contributed by atoms with Gasteiger partial charge in [-0.3, -0.25) is 9.59 Å².